The van der Waals surface area contributed by atoms with Crippen LogP contribution in [0.4, 0.5) is 11.4 Å². The Labute approximate surface area is 108 Å². The van der Waals surface area contributed by atoms with Crippen molar-refractivity contribution in [3.8, 4) is 0 Å². The first-order valence-electron chi connectivity index (χ1n) is 5.05. The summed E-state index contributed by atoms with van der Waals surface area (Å²) in [5.74, 6) is 0. The highest BCUT2D eigenvalue weighted by molar-refractivity contribution is 6.39. The number of hydrogen-bond donors (Lipinski definition) is 0. The summed E-state index contributed by atoms with van der Waals surface area (Å²) in [6.45, 7) is 2.56. The first-order chi connectivity index (χ1) is 8.09. The van der Waals surface area contributed by atoms with Gasteiger partial charge in [-0.05, 0) is 0 Å². The minimum atomic E-state index is -0.513. The van der Waals surface area contributed by atoms with Gasteiger partial charge >= 0.3 is 0 Å². The van der Waals surface area contributed by atoms with Crippen LogP contribution in [0.5, 0.6) is 0 Å². The lowest BCUT2D eigenvalue weighted by Gasteiger charge is -2.30. The normalized spacial score (nSPS) is 16.0. The van der Waals surface area contributed by atoms with Crippen molar-refractivity contribution >= 4 is 34.6 Å². The van der Waals surface area contributed by atoms with Gasteiger partial charge < -0.3 is 9.64 Å². The maximum absolute atomic E-state index is 10.6. The number of non-ortho nitro benzene ring substituents is 1. The fourth-order valence-corrected chi connectivity index (χ4v) is 2.46. The van der Waals surface area contributed by atoms with Crippen molar-refractivity contribution in [3.05, 3.63) is 32.3 Å². The summed E-state index contributed by atoms with van der Waals surface area (Å²) in [6, 6.07) is 2.64. The Kier molecular flexibility index (Phi) is 3.71. The maximum Gasteiger partial charge on any atom is 0.272 e. The second-order valence-corrected chi connectivity index (χ2v) is 4.43. The van der Waals surface area contributed by atoms with Gasteiger partial charge in [-0.3, -0.25) is 10.1 Å². The third-order valence-electron chi connectivity index (χ3n) is 2.54. The summed E-state index contributed by atoms with van der Waals surface area (Å²) >= 11 is 12.1. The number of morpholine rings is 1. The van der Waals surface area contributed by atoms with Crippen LogP contribution in [0.3, 0.4) is 0 Å². The molecule has 1 aliphatic heterocycles. The van der Waals surface area contributed by atoms with Gasteiger partial charge in [0.1, 0.15) is 0 Å². The average Bonchev–Trinajstić information content (AvgIpc) is 2.29. The van der Waals surface area contributed by atoms with Crippen LogP contribution in [0.1, 0.15) is 0 Å². The number of ether oxygens (including phenoxy) is 1. The smallest absolute Gasteiger partial charge is 0.272 e. The Balaban J connectivity index is 2.37. The van der Waals surface area contributed by atoms with Gasteiger partial charge in [0, 0.05) is 25.2 Å². The summed E-state index contributed by atoms with van der Waals surface area (Å²) in [5, 5.41) is 11.2. The number of anilines is 1. The molecule has 0 unspecified atom stereocenters. The van der Waals surface area contributed by atoms with E-state index >= 15 is 0 Å². The van der Waals surface area contributed by atoms with Gasteiger partial charge in [-0.15, -0.1) is 0 Å². The van der Waals surface area contributed by atoms with Crippen molar-refractivity contribution in [1.29, 1.82) is 0 Å². The maximum atomic E-state index is 10.6. The fraction of sp³-hybridized carbons (Fsp3) is 0.400. The van der Waals surface area contributed by atoms with E-state index in [0.29, 0.717) is 42.0 Å². The molecule has 0 spiro atoms. The molecule has 0 atom stereocenters. The van der Waals surface area contributed by atoms with E-state index in [1.54, 1.807) is 0 Å². The lowest BCUT2D eigenvalue weighted by molar-refractivity contribution is -0.384. The minimum absolute atomic E-state index is 0.1000. The largest absolute Gasteiger partial charge is 0.378 e. The van der Waals surface area contributed by atoms with Gasteiger partial charge in [0.05, 0.1) is 33.9 Å². The molecule has 0 bridgehead atoms. The number of benzene rings is 1. The summed E-state index contributed by atoms with van der Waals surface area (Å²) in [6.07, 6.45) is 0. The summed E-state index contributed by atoms with van der Waals surface area (Å²) in [7, 11) is 0. The van der Waals surface area contributed by atoms with Crippen LogP contribution in [-0.4, -0.2) is 31.2 Å². The Hall–Kier alpha value is -1.04. The molecule has 0 radical (unpaired) electrons. The van der Waals surface area contributed by atoms with Crippen molar-refractivity contribution in [1.82, 2.24) is 0 Å². The zero-order chi connectivity index (χ0) is 12.4. The molecule has 5 nitrogen and oxygen atoms in total. The topological polar surface area (TPSA) is 55.6 Å². The molecule has 0 amide bonds. The molecular weight excluding hydrogens is 267 g/mol. The molecule has 0 N–H and O–H groups in total. The molecule has 92 valence electrons. The molecule has 0 saturated carbocycles. The SMILES string of the molecule is O=[N+]([O-])c1cc(Cl)c(N2CCOCC2)c(Cl)c1. The highest BCUT2D eigenvalue weighted by Crippen LogP contribution is 2.37. The van der Waals surface area contributed by atoms with Crippen molar-refractivity contribution in [2.45, 2.75) is 0 Å². The summed E-state index contributed by atoms with van der Waals surface area (Å²) in [4.78, 5) is 12.1. The standard InChI is InChI=1S/C10H10Cl2N2O3/c11-8-5-7(14(15)16)6-9(12)10(8)13-1-3-17-4-2-13/h5-6H,1-4H2. The van der Waals surface area contributed by atoms with E-state index < -0.39 is 4.92 Å². The van der Waals surface area contributed by atoms with E-state index in [9.17, 15) is 10.1 Å². The number of nitro groups is 1. The summed E-state index contributed by atoms with van der Waals surface area (Å²) in [5.41, 5.74) is 0.541. The van der Waals surface area contributed by atoms with Crippen molar-refractivity contribution in [2.75, 3.05) is 31.2 Å². The Bertz CT molecular complexity index is 424. The lowest BCUT2D eigenvalue weighted by Crippen LogP contribution is -2.36. The molecule has 2 rings (SSSR count). The first kappa shape index (κ1) is 12.4. The van der Waals surface area contributed by atoms with E-state index in [4.69, 9.17) is 27.9 Å². The second kappa shape index (κ2) is 5.08. The zero-order valence-electron chi connectivity index (χ0n) is 8.86. The van der Waals surface area contributed by atoms with Crippen LogP contribution in [-0.2, 0) is 4.74 Å². The number of hydrogen-bond acceptors (Lipinski definition) is 4. The molecule has 1 saturated heterocycles. The van der Waals surface area contributed by atoms with Gasteiger partial charge in [0.2, 0.25) is 0 Å². The lowest BCUT2D eigenvalue weighted by atomic mass is 10.2. The minimum Gasteiger partial charge on any atom is -0.378 e. The predicted octanol–water partition coefficient (Wildman–Crippen LogP) is 2.74. The number of nitrogens with zero attached hydrogens (tertiary/aromatic N) is 2. The Morgan fingerprint density at radius 1 is 1.24 bits per heavy atom. The predicted molar refractivity (Wildman–Crippen MR) is 66.1 cm³/mol. The molecule has 17 heavy (non-hydrogen) atoms. The summed E-state index contributed by atoms with van der Waals surface area (Å²) < 4.78 is 5.23. The van der Waals surface area contributed by atoms with E-state index in [2.05, 4.69) is 0 Å². The van der Waals surface area contributed by atoms with Gasteiger partial charge in [0.15, 0.2) is 0 Å². The molecule has 1 fully saturated rings. The van der Waals surface area contributed by atoms with Crippen LogP contribution in [0.25, 0.3) is 0 Å². The van der Waals surface area contributed by atoms with Gasteiger partial charge in [-0.2, -0.15) is 0 Å². The number of halogens is 2. The van der Waals surface area contributed by atoms with Crippen LogP contribution < -0.4 is 4.90 Å². The number of nitro benzene ring substituents is 1. The van der Waals surface area contributed by atoms with Crippen molar-refractivity contribution in [2.24, 2.45) is 0 Å². The highest BCUT2D eigenvalue weighted by Gasteiger charge is 2.20. The molecule has 1 aromatic carbocycles. The second-order valence-electron chi connectivity index (χ2n) is 3.61. The number of rotatable bonds is 2. The highest BCUT2D eigenvalue weighted by atomic mass is 35.5. The van der Waals surface area contributed by atoms with Crippen molar-refractivity contribution < 1.29 is 9.66 Å². The van der Waals surface area contributed by atoms with E-state index in [1.807, 2.05) is 4.90 Å². The van der Waals surface area contributed by atoms with Crippen LogP contribution in [0.2, 0.25) is 10.0 Å². The van der Waals surface area contributed by atoms with Gasteiger partial charge in [-0.25, -0.2) is 0 Å². The Morgan fingerprint density at radius 3 is 2.24 bits per heavy atom. The molecule has 0 aliphatic carbocycles. The first-order valence-corrected chi connectivity index (χ1v) is 5.81. The molecule has 1 aliphatic rings. The van der Waals surface area contributed by atoms with Crippen LogP contribution in [0.15, 0.2) is 12.1 Å². The van der Waals surface area contributed by atoms with E-state index in [0.717, 1.165) is 0 Å². The third-order valence-corrected chi connectivity index (χ3v) is 3.12. The molecule has 0 aromatic heterocycles. The third kappa shape index (κ3) is 2.62. The molecule has 1 heterocycles. The van der Waals surface area contributed by atoms with Crippen molar-refractivity contribution in [3.63, 3.8) is 0 Å². The zero-order valence-corrected chi connectivity index (χ0v) is 10.4. The molecular formula is C10H10Cl2N2O3. The van der Waals surface area contributed by atoms with E-state index in [1.165, 1.54) is 12.1 Å². The van der Waals surface area contributed by atoms with Gasteiger partial charge in [0.25, 0.3) is 5.69 Å². The van der Waals surface area contributed by atoms with Crippen LogP contribution >= 0.6 is 23.2 Å². The van der Waals surface area contributed by atoms with Crippen LogP contribution in [0, 0.1) is 10.1 Å². The molecule has 7 heteroatoms. The molecule has 1 aromatic rings. The fourth-order valence-electron chi connectivity index (χ4n) is 1.75. The quantitative estimate of drug-likeness (QED) is 0.616. The van der Waals surface area contributed by atoms with Gasteiger partial charge in [-0.1, -0.05) is 23.2 Å². The average molecular weight is 277 g/mol. The van der Waals surface area contributed by atoms with E-state index in [-0.39, 0.29) is 5.69 Å². The monoisotopic (exact) mass is 276 g/mol. The Morgan fingerprint density at radius 2 is 1.76 bits per heavy atom.